The van der Waals surface area contributed by atoms with Crippen molar-refractivity contribution in [1.82, 2.24) is 0 Å². The summed E-state index contributed by atoms with van der Waals surface area (Å²) in [5, 5.41) is 4.39. The van der Waals surface area contributed by atoms with Gasteiger partial charge in [-0.3, -0.25) is 0 Å². The average Bonchev–Trinajstić information content (AvgIpc) is 2.54. The van der Waals surface area contributed by atoms with Crippen LogP contribution < -0.4 is 11.1 Å². The van der Waals surface area contributed by atoms with Crippen molar-refractivity contribution >= 4 is 21.2 Å². The highest BCUT2D eigenvalue weighted by atomic mass is 32.2. The van der Waals surface area contributed by atoms with Gasteiger partial charge in [0.25, 0.3) is 0 Å². The van der Waals surface area contributed by atoms with Crippen LogP contribution in [-0.4, -0.2) is 20.2 Å². The lowest BCUT2D eigenvalue weighted by Gasteiger charge is -2.15. The minimum atomic E-state index is -3.03. The zero-order valence-corrected chi connectivity index (χ0v) is 10.7. The van der Waals surface area contributed by atoms with Gasteiger partial charge in [0.1, 0.15) is 0 Å². The molecule has 1 aromatic rings. The van der Waals surface area contributed by atoms with Gasteiger partial charge < -0.3 is 11.1 Å². The minimum Gasteiger partial charge on any atom is -0.397 e. The van der Waals surface area contributed by atoms with Crippen molar-refractivity contribution in [3.8, 4) is 0 Å². The lowest BCUT2D eigenvalue weighted by Crippen LogP contribution is -2.21. The largest absolute Gasteiger partial charge is 0.397 e. The molecule has 0 fully saturated rings. The van der Waals surface area contributed by atoms with Crippen molar-refractivity contribution in [3.63, 3.8) is 0 Å². The van der Waals surface area contributed by atoms with Crippen LogP contribution in [0.3, 0.4) is 0 Å². The molecule has 5 heteroatoms. The fourth-order valence-electron chi connectivity index (χ4n) is 1.83. The first-order valence-corrected chi connectivity index (χ1v) is 7.13. The number of hydrogen-bond donors (Lipinski definition) is 2. The Morgan fingerprint density at radius 3 is 2.53 bits per heavy atom. The van der Waals surface area contributed by atoms with E-state index < -0.39 is 9.84 Å². The van der Waals surface area contributed by atoms with E-state index in [0.29, 0.717) is 5.69 Å². The Kier molecular flexibility index (Phi) is 2.87. The number of nitrogens with two attached hydrogens (primary N) is 1. The molecule has 0 saturated heterocycles. The van der Waals surface area contributed by atoms with E-state index in [9.17, 15) is 8.42 Å². The van der Waals surface area contributed by atoms with Crippen molar-refractivity contribution in [1.29, 1.82) is 0 Å². The van der Waals surface area contributed by atoms with E-state index in [2.05, 4.69) is 5.32 Å². The molecule has 1 heterocycles. The van der Waals surface area contributed by atoms with Crippen LogP contribution in [0.1, 0.15) is 11.1 Å². The summed E-state index contributed by atoms with van der Waals surface area (Å²) >= 11 is 0. The molecule has 0 saturated carbocycles. The van der Waals surface area contributed by atoms with E-state index in [1.54, 1.807) is 6.08 Å². The standard InChI is InChI=1S/C12H16N2O2S/c1-8-5-11(13)12(6-9(8)2)14-10-3-4-17(15,16)7-10/h3-6,10,14H,7,13H2,1-2H3. The van der Waals surface area contributed by atoms with Gasteiger partial charge in [-0.2, -0.15) is 0 Å². The molecule has 0 radical (unpaired) electrons. The average molecular weight is 252 g/mol. The molecule has 1 aliphatic heterocycles. The molecular formula is C12H16N2O2S. The molecule has 0 aliphatic carbocycles. The maximum atomic E-state index is 11.3. The molecule has 1 atom stereocenters. The van der Waals surface area contributed by atoms with Gasteiger partial charge >= 0.3 is 0 Å². The van der Waals surface area contributed by atoms with E-state index in [0.717, 1.165) is 16.8 Å². The maximum Gasteiger partial charge on any atom is 0.173 e. The van der Waals surface area contributed by atoms with Crippen LogP contribution in [0.15, 0.2) is 23.6 Å². The second-order valence-electron chi connectivity index (χ2n) is 4.43. The number of hydrogen-bond acceptors (Lipinski definition) is 4. The van der Waals surface area contributed by atoms with Gasteiger partial charge in [-0.25, -0.2) is 8.42 Å². The van der Waals surface area contributed by atoms with Gasteiger partial charge in [0.2, 0.25) is 0 Å². The van der Waals surface area contributed by atoms with Crippen LogP contribution >= 0.6 is 0 Å². The molecule has 0 bridgehead atoms. The summed E-state index contributed by atoms with van der Waals surface area (Å²) < 4.78 is 22.6. The number of sulfone groups is 1. The Hall–Kier alpha value is -1.49. The molecule has 0 spiro atoms. The molecule has 92 valence electrons. The van der Waals surface area contributed by atoms with Crippen LogP contribution in [0.25, 0.3) is 0 Å². The Bertz CT molecular complexity index is 576. The summed E-state index contributed by atoms with van der Waals surface area (Å²) in [6, 6.07) is 3.65. The fraction of sp³-hybridized carbons (Fsp3) is 0.333. The summed E-state index contributed by atoms with van der Waals surface area (Å²) in [4.78, 5) is 0. The van der Waals surface area contributed by atoms with Crippen LogP contribution in [-0.2, 0) is 9.84 Å². The highest BCUT2D eigenvalue weighted by Gasteiger charge is 2.21. The summed E-state index contributed by atoms with van der Waals surface area (Å²) in [5.74, 6) is 0.0966. The Labute approximate surface area is 101 Å². The van der Waals surface area contributed by atoms with E-state index in [-0.39, 0.29) is 11.8 Å². The Balaban J connectivity index is 2.21. The number of nitrogens with one attached hydrogen (secondary N) is 1. The SMILES string of the molecule is Cc1cc(N)c(NC2C=CS(=O)(=O)C2)cc1C. The van der Waals surface area contributed by atoms with Gasteiger partial charge in [-0.15, -0.1) is 0 Å². The van der Waals surface area contributed by atoms with E-state index in [1.165, 1.54) is 5.41 Å². The number of anilines is 2. The molecule has 4 nitrogen and oxygen atoms in total. The second-order valence-corrected chi connectivity index (χ2v) is 6.36. The van der Waals surface area contributed by atoms with Crippen molar-refractivity contribution in [2.24, 2.45) is 0 Å². The summed E-state index contributed by atoms with van der Waals surface area (Å²) in [5.41, 5.74) is 9.59. The third-order valence-electron chi connectivity index (χ3n) is 2.94. The van der Waals surface area contributed by atoms with Crippen molar-refractivity contribution in [3.05, 3.63) is 34.7 Å². The highest BCUT2D eigenvalue weighted by Crippen LogP contribution is 2.25. The normalized spacial score (nSPS) is 21.6. The predicted molar refractivity (Wildman–Crippen MR) is 70.7 cm³/mol. The van der Waals surface area contributed by atoms with Crippen LogP contribution in [0.2, 0.25) is 0 Å². The number of nitrogen functional groups attached to an aromatic ring is 1. The second kappa shape index (κ2) is 4.07. The lowest BCUT2D eigenvalue weighted by atomic mass is 10.1. The number of benzene rings is 1. The van der Waals surface area contributed by atoms with Crippen LogP contribution in [0, 0.1) is 13.8 Å². The van der Waals surface area contributed by atoms with Crippen molar-refractivity contribution in [2.45, 2.75) is 19.9 Å². The predicted octanol–water partition coefficient (Wildman–Crippen LogP) is 1.61. The summed E-state index contributed by atoms with van der Waals surface area (Å²) in [6.07, 6.45) is 1.66. The van der Waals surface area contributed by atoms with Gasteiger partial charge in [-0.05, 0) is 37.1 Å². The molecule has 1 aliphatic rings. The Morgan fingerprint density at radius 2 is 1.94 bits per heavy atom. The molecule has 0 amide bonds. The van der Waals surface area contributed by atoms with Gasteiger partial charge in [0.15, 0.2) is 9.84 Å². The molecule has 1 aromatic carbocycles. The van der Waals surface area contributed by atoms with Crippen molar-refractivity contribution in [2.75, 3.05) is 16.8 Å². The summed E-state index contributed by atoms with van der Waals surface area (Å²) in [7, 11) is -3.03. The molecule has 1 unspecified atom stereocenters. The molecule has 17 heavy (non-hydrogen) atoms. The first-order chi connectivity index (χ1) is 7.87. The monoisotopic (exact) mass is 252 g/mol. The van der Waals surface area contributed by atoms with Crippen LogP contribution in [0.5, 0.6) is 0 Å². The van der Waals surface area contributed by atoms with E-state index in [4.69, 9.17) is 5.73 Å². The number of aryl methyl sites for hydroxylation is 2. The lowest BCUT2D eigenvalue weighted by molar-refractivity contribution is 0.605. The van der Waals surface area contributed by atoms with Crippen LogP contribution in [0.4, 0.5) is 11.4 Å². The fourth-order valence-corrected chi connectivity index (χ4v) is 3.06. The highest BCUT2D eigenvalue weighted by molar-refractivity contribution is 7.94. The third-order valence-corrected chi connectivity index (χ3v) is 4.33. The number of rotatable bonds is 2. The maximum absolute atomic E-state index is 11.3. The van der Waals surface area contributed by atoms with Crippen molar-refractivity contribution < 1.29 is 8.42 Å². The topological polar surface area (TPSA) is 72.2 Å². The van der Waals surface area contributed by atoms with E-state index in [1.807, 2.05) is 26.0 Å². The molecule has 3 N–H and O–H groups in total. The minimum absolute atomic E-state index is 0.0966. The quantitative estimate of drug-likeness (QED) is 0.784. The van der Waals surface area contributed by atoms with Gasteiger partial charge in [-0.1, -0.05) is 6.08 Å². The smallest absolute Gasteiger partial charge is 0.173 e. The summed E-state index contributed by atoms with van der Waals surface area (Å²) in [6.45, 7) is 4.00. The zero-order chi connectivity index (χ0) is 12.6. The van der Waals surface area contributed by atoms with Gasteiger partial charge in [0, 0.05) is 5.41 Å². The van der Waals surface area contributed by atoms with Gasteiger partial charge in [0.05, 0.1) is 23.2 Å². The first-order valence-electron chi connectivity index (χ1n) is 5.41. The molecule has 0 aromatic heterocycles. The van der Waals surface area contributed by atoms with E-state index >= 15 is 0 Å². The molecule has 2 rings (SSSR count). The Morgan fingerprint density at radius 1 is 1.29 bits per heavy atom. The third kappa shape index (κ3) is 2.61. The molecular weight excluding hydrogens is 236 g/mol. The first kappa shape index (κ1) is 12.0. The zero-order valence-electron chi connectivity index (χ0n) is 9.90.